The predicted molar refractivity (Wildman–Crippen MR) is 61.9 cm³/mol. The van der Waals surface area contributed by atoms with E-state index in [4.69, 9.17) is 0 Å². The molecule has 3 heteroatoms. The summed E-state index contributed by atoms with van der Waals surface area (Å²) in [5.41, 5.74) is -0.347. The van der Waals surface area contributed by atoms with Gasteiger partial charge >= 0.3 is 0 Å². The number of Topliss-reactive ketones (excluding diaryl/α,β-unsaturated/α-hetero) is 1. The van der Waals surface area contributed by atoms with E-state index in [1.807, 2.05) is 20.8 Å². The lowest BCUT2D eigenvalue weighted by molar-refractivity contribution is -0.123. The highest BCUT2D eigenvalue weighted by Crippen LogP contribution is 2.15. The van der Waals surface area contributed by atoms with Crippen LogP contribution in [0, 0.1) is 5.41 Å². The Labute approximate surface area is 89.9 Å². The smallest absolute Gasteiger partial charge is 0.150 e. The molecule has 0 bridgehead atoms. The van der Waals surface area contributed by atoms with Crippen LogP contribution in [0.15, 0.2) is 0 Å². The van der Waals surface area contributed by atoms with Crippen LogP contribution in [0.3, 0.4) is 0 Å². The second-order valence-electron chi connectivity index (χ2n) is 4.67. The van der Waals surface area contributed by atoms with Gasteiger partial charge in [0.25, 0.3) is 0 Å². The Morgan fingerprint density at radius 3 is 2.21 bits per heavy atom. The van der Waals surface area contributed by atoms with Gasteiger partial charge in [0.05, 0.1) is 5.75 Å². The van der Waals surface area contributed by atoms with Crippen molar-refractivity contribution in [1.29, 1.82) is 0 Å². The van der Waals surface area contributed by atoms with Crippen molar-refractivity contribution in [2.75, 3.05) is 11.5 Å². The lowest BCUT2D eigenvalue weighted by Crippen LogP contribution is -2.26. The number of ketones is 1. The standard InChI is InChI=1S/C11H22O2S/c1-5-6-7-8-14(13)9-10(12)11(2,3)4/h5-9H2,1-4H3. The molecule has 1 unspecified atom stereocenters. The van der Waals surface area contributed by atoms with Crippen molar-refractivity contribution in [2.45, 2.75) is 47.0 Å². The Hall–Kier alpha value is -0.180. The van der Waals surface area contributed by atoms with Crippen LogP contribution in [0.2, 0.25) is 0 Å². The summed E-state index contributed by atoms with van der Waals surface area (Å²) in [5, 5.41) is 0. The Bertz CT molecular complexity index is 204. The van der Waals surface area contributed by atoms with Gasteiger partial charge in [0.1, 0.15) is 0 Å². The molecule has 0 aliphatic rings. The zero-order chi connectivity index (χ0) is 11.2. The van der Waals surface area contributed by atoms with Crippen molar-refractivity contribution in [3.63, 3.8) is 0 Å². The summed E-state index contributed by atoms with van der Waals surface area (Å²) < 4.78 is 11.5. The minimum Gasteiger partial charge on any atom is -0.298 e. The first-order valence-corrected chi connectivity index (χ1v) is 6.75. The molecule has 0 aliphatic carbocycles. The van der Waals surface area contributed by atoms with Gasteiger partial charge < -0.3 is 0 Å². The highest BCUT2D eigenvalue weighted by atomic mass is 32.2. The van der Waals surface area contributed by atoms with Crippen molar-refractivity contribution in [1.82, 2.24) is 0 Å². The molecule has 0 aromatic heterocycles. The molecule has 84 valence electrons. The lowest BCUT2D eigenvalue weighted by atomic mass is 9.92. The Kier molecular flexibility index (Phi) is 6.25. The predicted octanol–water partition coefficient (Wildman–Crippen LogP) is 2.54. The maximum absolute atomic E-state index is 11.5. The number of hydrogen-bond acceptors (Lipinski definition) is 2. The van der Waals surface area contributed by atoms with Gasteiger partial charge in [0.2, 0.25) is 0 Å². The zero-order valence-electron chi connectivity index (χ0n) is 9.76. The van der Waals surface area contributed by atoms with Crippen LogP contribution in [0.5, 0.6) is 0 Å². The second-order valence-corrected chi connectivity index (χ2v) is 6.25. The lowest BCUT2D eigenvalue weighted by Gasteiger charge is -2.15. The molecular weight excluding hydrogens is 196 g/mol. The Balaban J connectivity index is 3.78. The molecular formula is C11H22O2S. The van der Waals surface area contributed by atoms with E-state index in [0.717, 1.165) is 19.3 Å². The fourth-order valence-electron chi connectivity index (χ4n) is 0.948. The quantitative estimate of drug-likeness (QED) is 0.642. The molecule has 2 nitrogen and oxygen atoms in total. The third kappa shape index (κ3) is 6.30. The van der Waals surface area contributed by atoms with Gasteiger partial charge in [-0.1, -0.05) is 40.5 Å². The van der Waals surface area contributed by atoms with Crippen molar-refractivity contribution in [2.24, 2.45) is 5.41 Å². The molecule has 0 rings (SSSR count). The molecule has 14 heavy (non-hydrogen) atoms. The van der Waals surface area contributed by atoms with Crippen LogP contribution in [-0.2, 0) is 15.6 Å². The summed E-state index contributed by atoms with van der Waals surface area (Å²) >= 11 is 0. The van der Waals surface area contributed by atoms with Gasteiger partial charge in [-0.15, -0.1) is 0 Å². The van der Waals surface area contributed by atoms with E-state index in [9.17, 15) is 9.00 Å². The number of unbranched alkanes of at least 4 members (excludes halogenated alkanes) is 2. The Morgan fingerprint density at radius 2 is 1.79 bits per heavy atom. The van der Waals surface area contributed by atoms with Crippen LogP contribution in [0.25, 0.3) is 0 Å². The summed E-state index contributed by atoms with van der Waals surface area (Å²) in [7, 11) is -0.948. The van der Waals surface area contributed by atoms with E-state index in [-0.39, 0.29) is 17.0 Å². The maximum atomic E-state index is 11.5. The number of carbonyl (C=O) groups excluding carboxylic acids is 1. The largest absolute Gasteiger partial charge is 0.298 e. The highest BCUT2D eigenvalue weighted by molar-refractivity contribution is 7.85. The highest BCUT2D eigenvalue weighted by Gasteiger charge is 2.22. The van der Waals surface area contributed by atoms with Crippen molar-refractivity contribution < 1.29 is 9.00 Å². The maximum Gasteiger partial charge on any atom is 0.150 e. The summed E-state index contributed by atoms with van der Waals surface area (Å²) in [6.45, 7) is 7.74. The average molecular weight is 218 g/mol. The van der Waals surface area contributed by atoms with E-state index in [1.165, 1.54) is 0 Å². The molecule has 0 saturated carbocycles. The van der Waals surface area contributed by atoms with E-state index >= 15 is 0 Å². The first-order chi connectivity index (χ1) is 6.38. The first kappa shape index (κ1) is 13.8. The Morgan fingerprint density at radius 1 is 1.21 bits per heavy atom. The first-order valence-electron chi connectivity index (χ1n) is 5.26. The molecule has 0 heterocycles. The minimum atomic E-state index is -0.948. The molecule has 0 saturated heterocycles. The molecule has 0 amide bonds. The molecule has 0 N–H and O–H groups in total. The van der Waals surface area contributed by atoms with Crippen LogP contribution >= 0.6 is 0 Å². The molecule has 0 aromatic carbocycles. The summed E-state index contributed by atoms with van der Waals surface area (Å²) in [5.74, 6) is 1.01. The zero-order valence-corrected chi connectivity index (χ0v) is 10.6. The van der Waals surface area contributed by atoms with Crippen LogP contribution in [-0.4, -0.2) is 21.5 Å². The van der Waals surface area contributed by atoms with Crippen molar-refractivity contribution in [3.05, 3.63) is 0 Å². The van der Waals surface area contributed by atoms with Gasteiger partial charge in [0.15, 0.2) is 5.78 Å². The molecule has 0 fully saturated rings. The number of hydrogen-bond donors (Lipinski definition) is 0. The summed E-state index contributed by atoms with van der Waals surface area (Å²) in [6, 6.07) is 0. The van der Waals surface area contributed by atoms with E-state index in [1.54, 1.807) is 0 Å². The SMILES string of the molecule is CCCCCS(=O)CC(=O)C(C)(C)C. The summed E-state index contributed by atoms with van der Waals surface area (Å²) in [6.07, 6.45) is 3.21. The van der Waals surface area contributed by atoms with Crippen molar-refractivity contribution in [3.8, 4) is 0 Å². The average Bonchev–Trinajstić information content (AvgIpc) is 2.03. The monoisotopic (exact) mass is 218 g/mol. The van der Waals surface area contributed by atoms with Gasteiger partial charge in [-0.2, -0.15) is 0 Å². The molecule has 0 aromatic rings. The third-order valence-electron chi connectivity index (χ3n) is 2.10. The van der Waals surface area contributed by atoms with Crippen molar-refractivity contribution >= 4 is 16.6 Å². The topological polar surface area (TPSA) is 34.1 Å². The minimum absolute atomic E-state index is 0.104. The van der Waals surface area contributed by atoms with Gasteiger partial charge in [-0.05, 0) is 6.42 Å². The van der Waals surface area contributed by atoms with Gasteiger partial charge in [-0.3, -0.25) is 9.00 Å². The molecule has 0 radical (unpaired) electrons. The molecule has 0 aliphatic heterocycles. The van der Waals surface area contributed by atoms with Gasteiger partial charge in [-0.25, -0.2) is 0 Å². The van der Waals surface area contributed by atoms with E-state index < -0.39 is 10.8 Å². The summed E-state index contributed by atoms with van der Waals surface area (Å²) in [4.78, 5) is 11.5. The third-order valence-corrected chi connectivity index (χ3v) is 3.43. The number of rotatable bonds is 6. The molecule has 0 spiro atoms. The van der Waals surface area contributed by atoms with Crippen LogP contribution in [0.1, 0.15) is 47.0 Å². The number of carbonyl (C=O) groups is 1. The fourth-order valence-corrected chi connectivity index (χ4v) is 2.34. The van der Waals surface area contributed by atoms with Crippen LogP contribution < -0.4 is 0 Å². The second kappa shape index (κ2) is 6.33. The normalized spacial score (nSPS) is 14.0. The van der Waals surface area contributed by atoms with Gasteiger partial charge in [0, 0.05) is 22.0 Å². The van der Waals surface area contributed by atoms with Crippen LogP contribution in [0.4, 0.5) is 0 Å². The fraction of sp³-hybridized carbons (Fsp3) is 0.909. The van der Waals surface area contributed by atoms with E-state index in [2.05, 4.69) is 6.92 Å². The molecule has 1 atom stereocenters. The van der Waals surface area contributed by atoms with E-state index in [0.29, 0.717) is 5.75 Å².